The summed E-state index contributed by atoms with van der Waals surface area (Å²) in [6.07, 6.45) is 5.34. The molecule has 0 atom stereocenters. The van der Waals surface area contributed by atoms with Crippen LogP contribution < -0.4 is 4.31 Å². The van der Waals surface area contributed by atoms with Crippen molar-refractivity contribution in [3.63, 3.8) is 0 Å². The number of rotatable bonds is 12. The first kappa shape index (κ1) is 26.2. The third-order valence-electron chi connectivity index (χ3n) is 6.86. The lowest BCUT2D eigenvalue weighted by Crippen LogP contribution is -2.22. The van der Waals surface area contributed by atoms with Gasteiger partial charge in [0.05, 0.1) is 5.71 Å². The highest BCUT2D eigenvalue weighted by Gasteiger charge is 2.15. The molecule has 0 bridgehead atoms. The molecule has 1 aliphatic rings. The summed E-state index contributed by atoms with van der Waals surface area (Å²) in [5.41, 5.74) is 10.6. The fraction of sp³-hybridized carbons (Fsp3) is 0.344. The van der Waals surface area contributed by atoms with Gasteiger partial charge in [-0.05, 0) is 72.6 Å². The molecule has 0 N–H and O–H groups in total. The van der Waals surface area contributed by atoms with Crippen molar-refractivity contribution < 1.29 is 0 Å². The average molecular weight is 498 g/mol. The summed E-state index contributed by atoms with van der Waals surface area (Å²) in [6.45, 7) is 8.58. The Morgan fingerprint density at radius 2 is 1.47 bits per heavy atom. The van der Waals surface area contributed by atoms with E-state index in [1.807, 2.05) is 0 Å². The van der Waals surface area contributed by atoms with Crippen LogP contribution in [0.2, 0.25) is 0 Å². The summed E-state index contributed by atoms with van der Waals surface area (Å²) < 4.78 is 4.66. The molecule has 0 unspecified atom stereocenters. The number of nitrogens with zero attached hydrogens (tertiary/aromatic N) is 3. The predicted octanol–water partition coefficient (Wildman–Crippen LogP) is 8.26. The number of benzene rings is 3. The Kier molecular flexibility index (Phi) is 9.43. The van der Waals surface area contributed by atoms with Crippen LogP contribution in [0, 0.1) is 0 Å². The maximum Gasteiger partial charge on any atom is 0.0520 e. The number of hydrogen-bond donors (Lipinski definition) is 0. The molecule has 36 heavy (non-hydrogen) atoms. The lowest BCUT2D eigenvalue weighted by atomic mass is 10.0. The number of aryl methyl sites for hydroxylation is 2. The van der Waals surface area contributed by atoms with E-state index in [2.05, 4.69) is 115 Å². The largest absolute Gasteiger partial charge is 0.306 e. The van der Waals surface area contributed by atoms with E-state index in [4.69, 9.17) is 4.99 Å². The Hall–Kier alpha value is -2.82. The molecule has 188 valence electrons. The van der Waals surface area contributed by atoms with Gasteiger partial charge in [0.15, 0.2) is 0 Å². The molecule has 4 rings (SSSR count). The second kappa shape index (κ2) is 12.9. The van der Waals surface area contributed by atoms with Gasteiger partial charge in [-0.15, -0.1) is 0 Å². The molecule has 4 heteroatoms. The highest BCUT2D eigenvalue weighted by atomic mass is 32.2. The van der Waals surface area contributed by atoms with E-state index in [1.165, 1.54) is 44.9 Å². The van der Waals surface area contributed by atoms with Gasteiger partial charge in [0, 0.05) is 50.1 Å². The summed E-state index contributed by atoms with van der Waals surface area (Å²) in [5, 5.41) is 0. The maximum atomic E-state index is 4.97. The van der Waals surface area contributed by atoms with Crippen molar-refractivity contribution in [1.82, 2.24) is 4.31 Å². The zero-order chi connectivity index (χ0) is 25.3. The van der Waals surface area contributed by atoms with Gasteiger partial charge in [-0.2, -0.15) is 0 Å². The molecule has 0 saturated carbocycles. The highest BCUT2D eigenvalue weighted by Crippen LogP contribution is 2.28. The maximum absolute atomic E-state index is 4.97. The van der Waals surface area contributed by atoms with Gasteiger partial charge in [-0.3, -0.25) is 4.99 Å². The topological polar surface area (TPSA) is 18.8 Å². The second-order valence-corrected chi connectivity index (χ2v) is 10.8. The summed E-state index contributed by atoms with van der Waals surface area (Å²) in [5.74, 6) is 0. The van der Waals surface area contributed by atoms with Gasteiger partial charge in [-0.25, -0.2) is 4.31 Å². The van der Waals surface area contributed by atoms with Crippen molar-refractivity contribution in [2.24, 2.45) is 4.99 Å². The van der Waals surface area contributed by atoms with Gasteiger partial charge < -0.3 is 4.31 Å². The van der Waals surface area contributed by atoms with Crippen molar-refractivity contribution >= 4 is 23.5 Å². The molecule has 3 aromatic carbocycles. The highest BCUT2D eigenvalue weighted by molar-refractivity contribution is 7.98. The van der Waals surface area contributed by atoms with Crippen molar-refractivity contribution in [1.29, 1.82) is 0 Å². The van der Waals surface area contributed by atoms with Gasteiger partial charge in [0.25, 0.3) is 0 Å². The third-order valence-corrected chi connectivity index (χ3v) is 7.94. The zero-order valence-corrected chi connectivity index (χ0v) is 23.0. The molecule has 0 spiro atoms. The molecular formula is C32H39N3S. The second-order valence-electron chi connectivity index (χ2n) is 9.55. The van der Waals surface area contributed by atoms with Crippen LogP contribution in [0.3, 0.4) is 0 Å². The minimum absolute atomic E-state index is 0.932. The Labute approximate surface area is 222 Å². The van der Waals surface area contributed by atoms with Crippen LogP contribution in [0.25, 0.3) is 0 Å². The molecule has 0 amide bonds. The molecule has 0 fully saturated rings. The fourth-order valence-corrected chi connectivity index (χ4v) is 5.44. The van der Waals surface area contributed by atoms with Crippen molar-refractivity contribution in [2.45, 2.75) is 59.4 Å². The summed E-state index contributed by atoms with van der Waals surface area (Å²) in [6, 6.07) is 28.6. The van der Waals surface area contributed by atoms with E-state index >= 15 is 0 Å². The predicted molar refractivity (Wildman–Crippen MR) is 158 cm³/mol. The van der Waals surface area contributed by atoms with E-state index in [0.29, 0.717) is 0 Å². The van der Waals surface area contributed by atoms with E-state index in [-0.39, 0.29) is 0 Å². The number of hydrogen-bond acceptors (Lipinski definition) is 4. The fourth-order valence-electron chi connectivity index (χ4n) is 4.55. The third kappa shape index (κ3) is 7.11. The Bertz CT molecular complexity index is 1160. The van der Waals surface area contributed by atoms with Crippen molar-refractivity contribution in [3.05, 3.63) is 112 Å². The van der Waals surface area contributed by atoms with Gasteiger partial charge in [-0.1, -0.05) is 80.6 Å². The zero-order valence-electron chi connectivity index (χ0n) is 22.2. The summed E-state index contributed by atoms with van der Waals surface area (Å²) in [7, 11) is 2.14. The van der Waals surface area contributed by atoms with Gasteiger partial charge in [0.2, 0.25) is 0 Å². The normalized spacial score (nSPS) is 13.4. The first-order chi connectivity index (χ1) is 17.6. The minimum Gasteiger partial charge on any atom is -0.306 e. The van der Waals surface area contributed by atoms with Crippen LogP contribution in [-0.2, 0) is 19.4 Å². The Morgan fingerprint density at radius 1 is 0.806 bits per heavy atom. The molecule has 0 radical (unpaired) electrons. The monoisotopic (exact) mass is 497 g/mol. The van der Waals surface area contributed by atoms with Crippen LogP contribution >= 0.6 is 12.1 Å². The van der Waals surface area contributed by atoms with Crippen LogP contribution in [0.5, 0.6) is 0 Å². The van der Waals surface area contributed by atoms with Crippen LogP contribution in [0.1, 0.15) is 62.3 Å². The van der Waals surface area contributed by atoms with Crippen molar-refractivity contribution in [3.8, 4) is 0 Å². The molecular weight excluding hydrogens is 458 g/mol. The number of aliphatic imine (C=N–C) groups is 1. The lowest BCUT2D eigenvalue weighted by Gasteiger charge is -2.26. The minimum atomic E-state index is 0.932. The van der Waals surface area contributed by atoms with Crippen LogP contribution in [-0.4, -0.2) is 23.6 Å². The molecule has 1 heterocycles. The molecule has 0 saturated heterocycles. The molecule has 0 aliphatic carbocycles. The summed E-state index contributed by atoms with van der Waals surface area (Å²) >= 11 is 1.79. The van der Waals surface area contributed by atoms with E-state index in [9.17, 15) is 0 Å². The average Bonchev–Trinajstić information content (AvgIpc) is 3.30. The van der Waals surface area contributed by atoms with E-state index < -0.39 is 0 Å². The van der Waals surface area contributed by atoms with Crippen molar-refractivity contribution in [2.75, 3.05) is 17.9 Å². The number of anilines is 1. The van der Waals surface area contributed by atoms with Crippen LogP contribution in [0.15, 0.2) is 95.1 Å². The van der Waals surface area contributed by atoms with E-state index in [1.54, 1.807) is 12.1 Å². The molecule has 0 aromatic heterocycles. The quantitative estimate of drug-likeness (QED) is 0.235. The summed E-state index contributed by atoms with van der Waals surface area (Å²) in [4.78, 5) is 4.97. The Morgan fingerprint density at radius 3 is 2.14 bits per heavy atom. The SMILES string of the molecule is CCc1ccc(N(C)SN(CC)Cc2ccc(CCCC3=C(C)CC(c4ccccc4)=N3)cc2)cc1. The molecule has 3 aromatic rings. The molecule has 1 aliphatic heterocycles. The van der Waals surface area contributed by atoms with Gasteiger partial charge >= 0.3 is 0 Å². The molecule has 3 nitrogen and oxygen atoms in total. The first-order valence-electron chi connectivity index (χ1n) is 13.2. The smallest absolute Gasteiger partial charge is 0.0520 e. The van der Waals surface area contributed by atoms with Gasteiger partial charge in [0.1, 0.15) is 0 Å². The van der Waals surface area contributed by atoms with E-state index in [0.717, 1.165) is 45.2 Å². The van der Waals surface area contributed by atoms with Crippen LogP contribution in [0.4, 0.5) is 5.69 Å². The lowest BCUT2D eigenvalue weighted by molar-refractivity contribution is 0.492. The first-order valence-corrected chi connectivity index (χ1v) is 13.9. The Balaban J connectivity index is 1.25. The standard InChI is InChI=1S/C32H39N3S/c1-5-26-19-21-30(22-20-26)34(4)36-35(6-2)24-28-17-15-27(16-18-28)11-10-14-31-25(3)23-32(33-31)29-12-8-7-9-13-29/h7-9,12-13,15-22H,5-6,10-11,14,23-24H2,1-4H3. The number of allylic oxidation sites excluding steroid dienone is 2.